The second-order valence-electron chi connectivity index (χ2n) is 4.40. The fourth-order valence-electron chi connectivity index (χ4n) is 1.91. The first-order chi connectivity index (χ1) is 9.55. The SMILES string of the molecule is CCCN(Cc1ccsc1)S(=O)(=O)c1ccccc1F. The molecule has 1 heterocycles. The van der Waals surface area contributed by atoms with Gasteiger partial charge in [-0.05, 0) is 40.9 Å². The summed E-state index contributed by atoms with van der Waals surface area (Å²) in [6, 6.07) is 7.37. The molecule has 0 fully saturated rings. The number of benzene rings is 1. The van der Waals surface area contributed by atoms with Crippen LogP contribution in [0.15, 0.2) is 46.0 Å². The molecule has 2 rings (SSSR count). The Morgan fingerprint density at radius 3 is 2.60 bits per heavy atom. The minimum Gasteiger partial charge on any atom is -0.207 e. The smallest absolute Gasteiger partial charge is 0.207 e. The quantitative estimate of drug-likeness (QED) is 0.818. The molecule has 6 heteroatoms. The van der Waals surface area contributed by atoms with Crippen molar-refractivity contribution in [2.75, 3.05) is 6.54 Å². The van der Waals surface area contributed by atoms with Crippen LogP contribution in [0, 0.1) is 5.82 Å². The van der Waals surface area contributed by atoms with E-state index in [1.165, 1.54) is 39.9 Å². The Hall–Kier alpha value is -1.24. The van der Waals surface area contributed by atoms with Crippen LogP contribution in [0.1, 0.15) is 18.9 Å². The fourth-order valence-corrected chi connectivity index (χ4v) is 4.16. The lowest BCUT2D eigenvalue weighted by atomic mass is 10.3. The normalized spacial score (nSPS) is 11.9. The van der Waals surface area contributed by atoms with Crippen molar-refractivity contribution in [2.45, 2.75) is 24.8 Å². The molecule has 0 bridgehead atoms. The summed E-state index contributed by atoms with van der Waals surface area (Å²) in [7, 11) is -3.81. The van der Waals surface area contributed by atoms with Crippen LogP contribution in [0.2, 0.25) is 0 Å². The number of sulfonamides is 1. The Bertz CT molecular complexity index is 654. The summed E-state index contributed by atoms with van der Waals surface area (Å²) in [5.74, 6) is -0.709. The molecule has 3 nitrogen and oxygen atoms in total. The average Bonchev–Trinajstić information content (AvgIpc) is 2.91. The highest BCUT2D eigenvalue weighted by Gasteiger charge is 2.26. The van der Waals surface area contributed by atoms with Crippen LogP contribution >= 0.6 is 11.3 Å². The number of thiophene rings is 1. The van der Waals surface area contributed by atoms with Crippen molar-refractivity contribution in [2.24, 2.45) is 0 Å². The molecular weight excluding hydrogens is 297 g/mol. The van der Waals surface area contributed by atoms with Crippen molar-refractivity contribution in [1.29, 1.82) is 0 Å². The first kappa shape index (κ1) is 15.2. The lowest BCUT2D eigenvalue weighted by molar-refractivity contribution is 0.402. The molecule has 0 saturated heterocycles. The van der Waals surface area contributed by atoms with Gasteiger partial charge < -0.3 is 0 Å². The summed E-state index contributed by atoms with van der Waals surface area (Å²) in [5, 5.41) is 3.80. The third kappa shape index (κ3) is 3.26. The maximum absolute atomic E-state index is 13.8. The van der Waals surface area contributed by atoms with Gasteiger partial charge in [0.2, 0.25) is 10.0 Å². The largest absolute Gasteiger partial charge is 0.246 e. The first-order valence-electron chi connectivity index (χ1n) is 6.31. The van der Waals surface area contributed by atoms with Crippen LogP contribution in [0.3, 0.4) is 0 Å². The lowest BCUT2D eigenvalue weighted by Gasteiger charge is -2.21. The Labute approximate surface area is 122 Å². The lowest BCUT2D eigenvalue weighted by Crippen LogP contribution is -2.31. The zero-order chi connectivity index (χ0) is 14.6. The van der Waals surface area contributed by atoms with Crippen molar-refractivity contribution < 1.29 is 12.8 Å². The van der Waals surface area contributed by atoms with Crippen LogP contribution in [-0.4, -0.2) is 19.3 Å². The number of nitrogens with zero attached hydrogens (tertiary/aromatic N) is 1. The predicted molar refractivity (Wildman–Crippen MR) is 78.6 cm³/mol. The van der Waals surface area contributed by atoms with E-state index >= 15 is 0 Å². The topological polar surface area (TPSA) is 37.4 Å². The maximum Gasteiger partial charge on any atom is 0.246 e. The van der Waals surface area contributed by atoms with E-state index in [1.807, 2.05) is 23.8 Å². The van der Waals surface area contributed by atoms with Crippen molar-refractivity contribution in [3.8, 4) is 0 Å². The highest BCUT2D eigenvalue weighted by Crippen LogP contribution is 2.22. The van der Waals surface area contributed by atoms with Gasteiger partial charge in [-0.15, -0.1) is 0 Å². The molecule has 108 valence electrons. The number of rotatable bonds is 6. The van der Waals surface area contributed by atoms with Gasteiger partial charge >= 0.3 is 0 Å². The predicted octanol–water partition coefficient (Wildman–Crippen LogP) is 3.49. The van der Waals surface area contributed by atoms with E-state index in [4.69, 9.17) is 0 Å². The molecule has 1 aromatic carbocycles. The molecule has 0 aliphatic carbocycles. The molecule has 0 radical (unpaired) electrons. The van der Waals surface area contributed by atoms with Crippen LogP contribution < -0.4 is 0 Å². The highest BCUT2D eigenvalue weighted by molar-refractivity contribution is 7.89. The van der Waals surface area contributed by atoms with Gasteiger partial charge in [-0.1, -0.05) is 19.1 Å². The van der Waals surface area contributed by atoms with E-state index in [-0.39, 0.29) is 11.4 Å². The highest BCUT2D eigenvalue weighted by atomic mass is 32.2. The summed E-state index contributed by atoms with van der Waals surface area (Å²) in [5.41, 5.74) is 0.920. The van der Waals surface area contributed by atoms with E-state index in [1.54, 1.807) is 0 Å². The molecule has 20 heavy (non-hydrogen) atoms. The second kappa shape index (κ2) is 6.47. The van der Waals surface area contributed by atoms with Crippen LogP contribution in [0.4, 0.5) is 4.39 Å². The molecule has 0 saturated carbocycles. The third-order valence-electron chi connectivity index (χ3n) is 2.87. The van der Waals surface area contributed by atoms with Crippen molar-refractivity contribution in [1.82, 2.24) is 4.31 Å². The van der Waals surface area contributed by atoms with Gasteiger partial charge in [-0.2, -0.15) is 15.6 Å². The monoisotopic (exact) mass is 313 g/mol. The minimum atomic E-state index is -3.81. The summed E-state index contributed by atoms with van der Waals surface area (Å²) < 4.78 is 40.2. The van der Waals surface area contributed by atoms with Gasteiger partial charge in [0.15, 0.2) is 0 Å². The average molecular weight is 313 g/mol. The maximum atomic E-state index is 13.8. The molecule has 0 unspecified atom stereocenters. The molecular formula is C14H16FNO2S2. The molecule has 0 spiro atoms. The van der Waals surface area contributed by atoms with Crippen molar-refractivity contribution >= 4 is 21.4 Å². The van der Waals surface area contributed by atoms with Gasteiger partial charge in [0, 0.05) is 13.1 Å². The Morgan fingerprint density at radius 1 is 1.25 bits per heavy atom. The Balaban J connectivity index is 2.35. The van der Waals surface area contributed by atoms with Crippen LogP contribution in [0.25, 0.3) is 0 Å². The van der Waals surface area contributed by atoms with Gasteiger partial charge in [0.25, 0.3) is 0 Å². The zero-order valence-corrected chi connectivity index (χ0v) is 12.8. The molecule has 0 N–H and O–H groups in total. The summed E-state index contributed by atoms with van der Waals surface area (Å²) >= 11 is 1.51. The molecule has 2 aromatic rings. The summed E-state index contributed by atoms with van der Waals surface area (Å²) in [6.07, 6.45) is 0.678. The summed E-state index contributed by atoms with van der Waals surface area (Å²) in [4.78, 5) is -0.260. The van der Waals surface area contributed by atoms with E-state index in [9.17, 15) is 12.8 Å². The molecule has 0 aliphatic heterocycles. The van der Waals surface area contributed by atoms with E-state index < -0.39 is 15.8 Å². The molecule has 0 atom stereocenters. The van der Waals surface area contributed by atoms with E-state index in [0.29, 0.717) is 13.0 Å². The number of hydrogen-bond donors (Lipinski definition) is 0. The van der Waals surface area contributed by atoms with Gasteiger partial charge in [-0.3, -0.25) is 0 Å². The fraction of sp³-hybridized carbons (Fsp3) is 0.286. The van der Waals surface area contributed by atoms with E-state index in [0.717, 1.165) is 5.56 Å². The van der Waals surface area contributed by atoms with Crippen LogP contribution in [-0.2, 0) is 16.6 Å². The van der Waals surface area contributed by atoms with Gasteiger partial charge in [-0.25, -0.2) is 12.8 Å². The van der Waals surface area contributed by atoms with Gasteiger partial charge in [0.1, 0.15) is 10.7 Å². The number of hydrogen-bond acceptors (Lipinski definition) is 3. The van der Waals surface area contributed by atoms with Crippen molar-refractivity contribution in [3.63, 3.8) is 0 Å². The third-order valence-corrected chi connectivity index (χ3v) is 5.48. The standard InChI is InChI=1S/C14H16FNO2S2/c1-2-8-16(10-12-7-9-19-11-12)20(17,18)14-6-4-3-5-13(14)15/h3-7,9,11H,2,8,10H2,1H3. The zero-order valence-electron chi connectivity index (χ0n) is 11.1. The van der Waals surface area contributed by atoms with Gasteiger partial charge in [0.05, 0.1) is 0 Å². The Kier molecular flexibility index (Phi) is 4.91. The molecule has 0 amide bonds. The molecule has 0 aliphatic rings. The van der Waals surface area contributed by atoms with Crippen LogP contribution in [0.5, 0.6) is 0 Å². The minimum absolute atomic E-state index is 0.260. The number of halogens is 1. The second-order valence-corrected chi connectivity index (χ2v) is 7.09. The first-order valence-corrected chi connectivity index (χ1v) is 8.69. The summed E-state index contributed by atoms with van der Waals surface area (Å²) in [6.45, 7) is 2.54. The molecule has 1 aromatic heterocycles. The van der Waals surface area contributed by atoms with Crippen molar-refractivity contribution in [3.05, 3.63) is 52.5 Å². The van der Waals surface area contributed by atoms with E-state index in [2.05, 4.69) is 0 Å². The Morgan fingerprint density at radius 2 is 2.00 bits per heavy atom.